The molecule has 0 unspecified atom stereocenters. The lowest BCUT2D eigenvalue weighted by Gasteiger charge is -2.10. The largest absolute Gasteiger partial charge is 0.329 e. The molecule has 1 rings (SSSR count). The smallest absolute Gasteiger partial charge is 0.206 e. The normalized spacial score (nSPS) is 11.8. The van der Waals surface area contributed by atoms with E-state index in [1.54, 1.807) is 0 Å². The Bertz CT molecular complexity index is 291. The maximum atomic E-state index is 13.0. The zero-order valence-electron chi connectivity index (χ0n) is 6.24. The van der Waals surface area contributed by atoms with Gasteiger partial charge in [0, 0.05) is 0 Å². The van der Waals surface area contributed by atoms with E-state index in [1.165, 1.54) is 19.1 Å². The lowest BCUT2D eigenvalue weighted by atomic mass is 10.1. The Kier molecular flexibility index (Phi) is 2.46. The molecule has 4 heteroatoms. The molecule has 1 aromatic carbocycles. The van der Waals surface area contributed by atoms with Gasteiger partial charge in [-0.15, -0.1) is 0 Å². The summed E-state index contributed by atoms with van der Waals surface area (Å²) in [4.78, 5) is -3.29. The average Bonchev–Trinajstić information content (AvgIpc) is 1.92. The monoisotopic (exact) mass is 238 g/mol. The Balaban J connectivity index is 3.26. The van der Waals surface area contributed by atoms with Gasteiger partial charge < -0.3 is 0 Å². The summed E-state index contributed by atoms with van der Waals surface area (Å²) in [6, 6.07) is 3.89. The van der Waals surface area contributed by atoms with Gasteiger partial charge >= 0.3 is 4.83 Å². The summed E-state index contributed by atoms with van der Waals surface area (Å²) in [5.41, 5.74) is -0.408. The van der Waals surface area contributed by atoms with Crippen LogP contribution in [0.15, 0.2) is 18.2 Å². The zero-order chi connectivity index (χ0) is 9.35. The van der Waals surface area contributed by atoms with Crippen LogP contribution in [0.3, 0.4) is 0 Å². The van der Waals surface area contributed by atoms with Gasteiger partial charge in [-0.3, -0.25) is 0 Å². The van der Waals surface area contributed by atoms with Crippen LogP contribution < -0.4 is 0 Å². The molecule has 12 heavy (non-hydrogen) atoms. The van der Waals surface area contributed by atoms with Crippen LogP contribution in [-0.2, 0) is 4.83 Å². The van der Waals surface area contributed by atoms with E-state index in [0.29, 0.717) is 0 Å². The Morgan fingerprint density at radius 3 is 2.33 bits per heavy atom. The molecule has 0 bridgehead atoms. The first-order chi connectivity index (χ1) is 5.43. The predicted molar refractivity (Wildman–Crippen MR) is 44.0 cm³/mol. The lowest BCUT2D eigenvalue weighted by molar-refractivity contribution is 0.110. The number of rotatable bonds is 1. The summed E-state index contributed by atoms with van der Waals surface area (Å²) in [6.45, 7) is 1.44. The second kappa shape index (κ2) is 3.09. The number of alkyl halides is 3. The molecule has 0 saturated carbocycles. The molecule has 1 aromatic rings. The SMILES string of the molecule is Cc1cccc(C(F)(F)Br)c1F. The van der Waals surface area contributed by atoms with E-state index in [4.69, 9.17) is 0 Å². The highest BCUT2D eigenvalue weighted by Crippen LogP contribution is 2.36. The van der Waals surface area contributed by atoms with Crippen LogP contribution in [-0.4, -0.2) is 0 Å². The molecule has 0 aromatic heterocycles. The van der Waals surface area contributed by atoms with Crippen LogP contribution >= 0.6 is 15.9 Å². The number of benzene rings is 1. The molecule has 0 aliphatic carbocycles. The summed E-state index contributed by atoms with van der Waals surface area (Å²) >= 11 is 2.10. The van der Waals surface area contributed by atoms with E-state index < -0.39 is 16.2 Å². The Morgan fingerprint density at radius 1 is 1.33 bits per heavy atom. The summed E-state index contributed by atoms with van der Waals surface area (Å²) < 4.78 is 38.1. The van der Waals surface area contributed by atoms with Gasteiger partial charge in [0.15, 0.2) is 0 Å². The van der Waals surface area contributed by atoms with E-state index >= 15 is 0 Å². The fourth-order valence-electron chi connectivity index (χ4n) is 0.866. The molecule has 0 nitrogen and oxygen atoms in total. The number of hydrogen-bond donors (Lipinski definition) is 0. The van der Waals surface area contributed by atoms with Crippen LogP contribution in [0.1, 0.15) is 11.1 Å². The fourth-order valence-corrected chi connectivity index (χ4v) is 1.17. The van der Waals surface area contributed by atoms with Gasteiger partial charge in [0.25, 0.3) is 0 Å². The molecule has 66 valence electrons. The van der Waals surface area contributed by atoms with E-state index in [2.05, 4.69) is 15.9 Å². The molecular weight excluding hydrogens is 233 g/mol. The summed E-state index contributed by atoms with van der Waals surface area (Å²) in [6.07, 6.45) is 0. The molecule has 0 N–H and O–H groups in total. The third kappa shape index (κ3) is 1.80. The number of hydrogen-bond acceptors (Lipinski definition) is 0. The van der Waals surface area contributed by atoms with E-state index in [0.717, 1.165) is 6.07 Å². The third-order valence-electron chi connectivity index (χ3n) is 1.50. The van der Waals surface area contributed by atoms with Crippen molar-refractivity contribution in [2.45, 2.75) is 11.8 Å². The number of halogens is 4. The fraction of sp³-hybridized carbons (Fsp3) is 0.250. The highest BCUT2D eigenvalue weighted by atomic mass is 79.9. The summed E-state index contributed by atoms with van der Waals surface area (Å²) in [5.74, 6) is -0.862. The average molecular weight is 239 g/mol. The van der Waals surface area contributed by atoms with Crippen molar-refractivity contribution in [3.63, 3.8) is 0 Å². The molecule has 0 aliphatic rings. The van der Waals surface area contributed by atoms with Crippen molar-refractivity contribution in [2.75, 3.05) is 0 Å². The number of aryl methyl sites for hydroxylation is 1. The van der Waals surface area contributed by atoms with Gasteiger partial charge in [0.2, 0.25) is 0 Å². The quantitative estimate of drug-likeness (QED) is 0.657. The Morgan fingerprint density at radius 2 is 1.92 bits per heavy atom. The molecule has 0 amide bonds. The van der Waals surface area contributed by atoms with Crippen molar-refractivity contribution in [3.8, 4) is 0 Å². The minimum absolute atomic E-state index is 0.214. The van der Waals surface area contributed by atoms with Gasteiger partial charge in [-0.05, 0) is 34.5 Å². The summed E-state index contributed by atoms with van der Waals surface area (Å²) in [5, 5.41) is 0. The third-order valence-corrected chi connectivity index (χ3v) is 1.92. The van der Waals surface area contributed by atoms with Crippen molar-refractivity contribution < 1.29 is 13.2 Å². The minimum atomic E-state index is -3.29. The molecule has 0 atom stereocenters. The maximum Gasteiger partial charge on any atom is 0.329 e. The minimum Gasteiger partial charge on any atom is -0.206 e. The van der Waals surface area contributed by atoms with E-state index in [1.807, 2.05) is 0 Å². The highest BCUT2D eigenvalue weighted by molar-refractivity contribution is 9.09. The molecule has 0 radical (unpaired) electrons. The second-order valence-corrected chi connectivity index (χ2v) is 3.43. The standard InChI is InChI=1S/C8H6BrF3/c1-5-3-2-4-6(7(5)10)8(9,11)12/h2-4H,1H3. The van der Waals surface area contributed by atoms with Gasteiger partial charge in [0.05, 0.1) is 5.56 Å². The molecule has 0 fully saturated rings. The van der Waals surface area contributed by atoms with Crippen LogP contribution in [0.5, 0.6) is 0 Å². The van der Waals surface area contributed by atoms with Gasteiger partial charge in [0.1, 0.15) is 5.82 Å². The molecule has 0 heterocycles. The van der Waals surface area contributed by atoms with Gasteiger partial charge in [-0.2, -0.15) is 8.78 Å². The van der Waals surface area contributed by atoms with Crippen molar-refractivity contribution in [1.29, 1.82) is 0 Å². The van der Waals surface area contributed by atoms with Crippen LogP contribution in [0, 0.1) is 12.7 Å². The molecule has 0 spiro atoms. The summed E-state index contributed by atoms with van der Waals surface area (Å²) in [7, 11) is 0. The highest BCUT2D eigenvalue weighted by Gasteiger charge is 2.30. The molecule has 0 saturated heterocycles. The van der Waals surface area contributed by atoms with Gasteiger partial charge in [-0.1, -0.05) is 12.1 Å². The van der Waals surface area contributed by atoms with Gasteiger partial charge in [-0.25, -0.2) is 4.39 Å². The second-order valence-electron chi connectivity index (χ2n) is 2.43. The predicted octanol–water partition coefficient (Wildman–Crippen LogP) is 3.58. The van der Waals surface area contributed by atoms with Crippen LogP contribution in [0.2, 0.25) is 0 Å². The van der Waals surface area contributed by atoms with Crippen LogP contribution in [0.4, 0.5) is 13.2 Å². The van der Waals surface area contributed by atoms with Crippen LogP contribution in [0.25, 0.3) is 0 Å². The first kappa shape index (κ1) is 9.58. The first-order valence-corrected chi connectivity index (χ1v) is 4.04. The topological polar surface area (TPSA) is 0 Å². The van der Waals surface area contributed by atoms with Crippen molar-refractivity contribution in [2.24, 2.45) is 0 Å². The Hall–Kier alpha value is -0.510. The lowest BCUT2D eigenvalue weighted by Crippen LogP contribution is -2.06. The zero-order valence-corrected chi connectivity index (χ0v) is 7.83. The first-order valence-electron chi connectivity index (χ1n) is 3.25. The van der Waals surface area contributed by atoms with Crippen molar-refractivity contribution in [3.05, 3.63) is 35.1 Å². The van der Waals surface area contributed by atoms with E-state index in [9.17, 15) is 13.2 Å². The molecule has 0 aliphatic heterocycles. The van der Waals surface area contributed by atoms with Crippen molar-refractivity contribution >= 4 is 15.9 Å². The van der Waals surface area contributed by atoms with Crippen molar-refractivity contribution in [1.82, 2.24) is 0 Å². The molecular formula is C8H6BrF3. The van der Waals surface area contributed by atoms with E-state index in [-0.39, 0.29) is 5.56 Å². The Labute approximate surface area is 76.5 Å². The maximum absolute atomic E-state index is 13.0.